The van der Waals surface area contributed by atoms with Crippen LogP contribution in [0, 0.1) is 5.92 Å². The first-order valence-electron chi connectivity index (χ1n) is 7.66. The van der Waals surface area contributed by atoms with Gasteiger partial charge in [0.05, 0.1) is 19.1 Å². The van der Waals surface area contributed by atoms with E-state index in [-0.39, 0.29) is 17.4 Å². The highest BCUT2D eigenvalue weighted by Crippen LogP contribution is 2.28. The van der Waals surface area contributed by atoms with E-state index in [1.165, 1.54) is 17.0 Å². The quantitative estimate of drug-likeness (QED) is 0.876. The number of aromatic nitrogens is 2. The van der Waals surface area contributed by atoms with Crippen LogP contribution in [-0.4, -0.2) is 29.1 Å². The van der Waals surface area contributed by atoms with Crippen LogP contribution in [0.25, 0.3) is 11.3 Å². The second-order valence-corrected chi connectivity index (χ2v) is 5.60. The fourth-order valence-corrected chi connectivity index (χ4v) is 2.30. The Kier molecular flexibility index (Phi) is 4.41. The molecule has 1 aromatic heterocycles. The van der Waals surface area contributed by atoms with Crippen LogP contribution in [0.3, 0.4) is 0 Å². The second kappa shape index (κ2) is 6.64. The highest BCUT2D eigenvalue weighted by Gasteiger charge is 2.28. The number of amides is 1. The third kappa shape index (κ3) is 3.77. The summed E-state index contributed by atoms with van der Waals surface area (Å²) in [7, 11) is 1.61. The van der Waals surface area contributed by atoms with Crippen LogP contribution >= 0.6 is 0 Å². The summed E-state index contributed by atoms with van der Waals surface area (Å²) in [6.07, 6.45) is 3.47. The Morgan fingerprint density at radius 2 is 2.09 bits per heavy atom. The predicted molar refractivity (Wildman–Crippen MR) is 86.2 cm³/mol. The fourth-order valence-electron chi connectivity index (χ4n) is 2.30. The summed E-state index contributed by atoms with van der Waals surface area (Å²) in [6, 6.07) is 8.89. The van der Waals surface area contributed by atoms with Crippen LogP contribution in [0.2, 0.25) is 0 Å². The van der Waals surface area contributed by atoms with Crippen molar-refractivity contribution in [3.8, 4) is 17.0 Å². The molecule has 23 heavy (non-hydrogen) atoms. The van der Waals surface area contributed by atoms with Crippen molar-refractivity contribution < 1.29 is 9.53 Å². The molecule has 1 aliphatic carbocycles. The Morgan fingerprint density at radius 3 is 2.70 bits per heavy atom. The van der Waals surface area contributed by atoms with Gasteiger partial charge >= 0.3 is 0 Å². The molecule has 6 nitrogen and oxygen atoms in total. The van der Waals surface area contributed by atoms with Gasteiger partial charge in [-0.15, -0.1) is 0 Å². The zero-order valence-corrected chi connectivity index (χ0v) is 13.0. The van der Waals surface area contributed by atoms with Crippen molar-refractivity contribution in [1.29, 1.82) is 0 Å². The van der Waals surface area contributed by atoms with Gasteiger partial charge in [0, 0.05) is 30.6 Å². The van der Waals surface area contributed by atoms with Crippen LogP contribution in [0.1, 0.15) is 12.8 Å². The lowest BCUT2D eigenvalue weighted by atomic mass is 10.1. The van der Waals surface area contributed by atoms with Gasteiger partial charge in [-0.05, 0) is 37.1 Å². The number of ether oxygens (including phenoxy) is 1. The van der Waals surface area contributed by atoms with Gasteiger partial charge in [-0.1, -0.05) is 0 Å². The van der Waals surface area contributed by atoms with E-state index in [2.05, 4.69) is 10.3 Å². The van der Waals surface area contributed by atoms with E-state index >= 15 is 0 Å². The molecule has 1 N–H and O–H groups in total. The SMILES string of the molecule is COc1ccc(-c2cc(=O)n(CCNC(=O)C3CC3)cn2)cc1. The molecule has 1 amide bonds. The minimum absolute atomic E-state index is 0.0841. The smallest absolute Gasteiger partial charge is 0.253 e. The summed E-state index contributed by atoms with van der Waals surface area (Å²) in [6.45, 7) is 0.867. The number of nitrogens with one attached hydrogen (secondary N) is 1. The molecule has 1 saturated carbocycles. The maximum atomic E-state index is 12.1. The van der Waals surface area contributed by atoms with Crippen molar-refractivity contribution in [2.75, 3.05) is 13.7 Å². The van der Waals surface area contributed by atoms with Gasteiger partial charge in [0.25, 0.3) is 5.56 Å². The Labute approximate surface area is 134 Å². The molecule has 6 heteroatoms. The lowest BCUT2D eigenvalue weighted by molar-refractivity contribution is -0.122. The van der Waals surface area contributed by atoms with Gasteiger partial charge < -0.3 is 10.1 Å². The summed E-state index contributed by atoms with van der Waals surface area (Å²) in [5, 5.41) is 2.84. The van der Waals surface area contributed by atoms with Crippen molar-refractivity contribution in [2.24, 2.45) is 5.92 Å². The monoisotopic (exact) mass is 313 g/mol. The van der Waals surface area contributed by atoms with E-state index in [4.69, 9.17) is 4.74 Å². The first-order chi connectivity index (χ1) is 11.2. The second-order valence-electron chi connectivity index (χ2n) is 5.60. The molecule has 0 atom stereocenters. The first kappa shape index (κ1) is 15.3. The van der Waals surface area contributed by atoms with Crippen LogP contribution in [0.5, 0.6) is 5.75 Å². The topological polar surface area (TPSA) is 73.2 Å². The van der Waals surface area contributed by atoms with E-state index in [0.29, 0.717) is 18.8 Å². The molecular formula is C17H19N3O3. The highest BCUT2D eigenvalue weighted by atomic mass is 16.5. The molecule has 3 rings (SSSR count). The van der Waals surface area contributed by atoms with Gasteiger partial charge in [0.1, 0.15) is 5.75 Å². The first-order valence-corrected chi connectivity index (χ1v) is 7.66. The number of hydrogen-bond acceptors (Lipinski definition) is 4. The number of benzene rings is 1. The summed E-state index contributed by atoms with van der Waals surface area (Å²) in [4.78, 5) is 28.0. The summed E-state index contributed by atoms with van der Waals surface area (Å²) in [5.74, 6) is 1.02. The van der Waals surface area contributed by atoms with Gasteiger partial charge in [-0.25, -0.2) is 4.98 Å². The summed E-state index contributed by atoms with van der Waals surface area (Å²) in [5.41, 5.74) is 1.35. The van der Waals surface area contributed by atoms with E-state index in [1.54, 1.807) is 7.11 Å². The maximum Gasteiger partial charge on any atom is 0.253 e. The van der Waals surface area contributed by atoms with Crippen molar-refractivity contribution in [3.05, 3.63) is 47.0 Å². The normalized spacial score (nSPS) is 13.6. The molecule has 2 aromatic rings. The number of rotatable bonds is 6. The molecule has 0 saturated heterocycles. The molecule has 0 radical (unpaired) electrons. The summed E-state index contributed by atoms with van der Waals surface area (Å²) >= 11 is 0. The average molecular weight is 313 g/mol. The van der Waals surface area contributed by atoms with Crippen molar-refractivity contribution in [1.82, 2.24) is 14.9 Å². The van der Waals surface area contributed by atoms with E-state index in [0.717, 1.165) is 24.2 Å². The molecular weight excluding hydrogens is 294 g/mol. The molecule has 1 heterocycles. The van der Waals surface area contributed by atoms with Crippen molar-refractivity contribution >= 4 is 5.91 Å². The van der Waals surface area contributed by atoms with Crippen molar-refractivity contribution in [3.63, 3.8) is 0 Å². The zero-order valence-electron chi connectivity index (χ0n) is 13.0. The van der Waals surface area contributed by atoms with E-state index < -0.39 is 0 Å². The van der Waals surface area contributed by atoms with Gasteiger partial charge in [0.15, 0.2) is 0 Å². The Bertz CT molecular complexity index is 748. The van der Waals surface area contributed by atoms with E-state index in [1.807, 2.05) is 24.3 Å². The molecule has 0 bridgehead atoms. The predicted octanol–water partition coefficient (Wildman–Crippen LogP) is 1.45. The largest absolute Gasteiger partial charge is 0.497 e. The summed E-state index contributed by atoms with van der Waals surface area (Å²) < 4.78 is 6.61. The Hall–Kier alpha value is -2.63. The molecule has 1 fully saturated rings. The third-order valence-corrected chi connectivity index (χ3v) is 3.87. The van der Waals surface area contributed by atoms with Crippen LogP contribution in [-0.2, 0) is 11.3 Å². The number of carbonyl (C=O) groups excluding carboxylic acids is 1. The molecule has 0 spiro atoms. The molecule has 0 aliphatic heterocycles. The van der Waals surface area contributed by atoms with Gasteiger partial charge in [0.2, 0.25) is 5.91 Å². The van der Waals surface area contributed by atoms with E-state index in [9.17, 15) is 9.59 Å². The lowest BCUT2D eigenvalue weighted by Gasteiger charge is -2.08. The molecule has 120 valence electrons. The zero-order chi connectivity index (χ0) is 16.2. The number of carbonyl (C=O) groups is 1. The molecule has 1 aliphatic rings. The van der Waals surface area contributed by atoms with Gasteiger partial charge in [-0.2, -0.15) is 0 Å². The Balaban J connectivity index is 1.64. The van der Waals surface area contributed by atoms with Crippen LogP contribution in [0.4, 0.5) is 0 Å². The van der Waals surface area contributed by atoms with Crippen LogP contribution < -0.4 is 15.6 Å². The number of nitrogens with zero attached hydrogens (tertiary/aromatic N) is 2. The third-order valence-electron chi connectivity index (χ3n) is 3.87. The number of methoxy groups -OCH3 is 1. The maximum absolute atomic E-state index is 12.1. The lowest BCUT2D eigenvalue weighted by Crippen LogP contribution is -2.31. The molecule has 0 unspecified atom stereocenters. The highest BCUT2D eigenvalue weighted by molar-refractivity contribution is 5.80. The van der Waals surface area contributed by atoms with Crippen LogP contribution in [0.15, 0.2) is 41.5 Å². The number of hydrogen-bond donors (Lipinski definition) is 1. The van der Waals surface area contributed by atoms with Crippen molar-refractivity contribution in [2.45, 2.75) is 19.4 Å². The standard InChI is InChI=1S/C17H19N3O3/c1-23-14-6-4-12(5-7-14)15-10-16(21)20(11-19-15)9-8-18-17(22)13-2-3-13/h4-7,10-11,13H,2-3,8-9H2,1H3,(H,18,22). The average Bonchev–Trinajstić information content (AvgIpc) is 3.41. The minimum Gasteiger partial charge on any atom is -0.497 e. The van der Waals surface area contributed by atoms with Gasteiger partial charge in [-0.3, -0.25) is 14.2 Å². The Morgan fingerprint density at radius 1 is 1.35 bits per heavy atom. The molecule has 1 aromatic carbocycles. The fraction of sp³-hybridized carbons (Fsp3) is 0.353. The minimum atomic E-state index is -0.133.